The van der Waals surface area contributed by atoms with E-state index in [9.17, 15) is 13.2 Å². The number of nitrogens with zero attached hydrogens (tertiary/aromatic N) is 1. The van der Waals surface area contributed by atoms with E-state index in [1.165, 1.54) is 23.5 Å². The van der Waals surface area contributed by atoms with Gasteiger partial charge in [0.15, 0.2) is 0 Å². The highest BCUT2D eigenvalue weighted by Gasteiger charge is 2.23. The molecule has 0 amide bonds. The van der Waals surface area contributed by atoms with E-state index in [-0.39, 0.29) is 11.3 Å². The SMILES string of the molecule is CCS(=O)(=O)Nc1cc(-c2ccc(=O)n(C)c2)c(OCC2CC2)cc1C. The fraction of sp³-hybridized carbons (Fsp3) is 0.421. The van der Waals surface area contributed by atoms with Crippen molar-refractivity contribution < 1.29 is 13.2 Å². The molecule has 0 radical (unpaired) electrons. The number of pyridine rings is 1. The van der Waals surface area contributed by atoms with Crippen molar-refractivity contribution in [1.29, 1.82) is 0 Å². The highest BCUT2D eigenvalue weighted by atomic mass is 32.2. The summed E-state index contributed by atoms with van der Waals surface area (Å²) in [7, 11) is -1.70. The average molecular weight is 376 g/mol. The smallest absolute Gasteiger partial charge is 0.250 e. The lowest BCUT2D eigenvalue weighted by Crippen LogP contribution is -2.16. The second-order valence-electron chi connectivity index (χ2n) is 6.79. The number of ether oxygens (including phenoxy) is 1. The van der Waals surface area contributed by atoms with Crippen molar-refractivity contribution in [2.24, 2.45) is 13.0 Å². The summed E-state index contributed by atoms with van der Waals surface area (Å²) in [4.78, 5) is 11.7. The zero-order chi connectivity index (χ0) is 18.9. The molecule has 2 aromatic rings. The van der Waals surface area contributed by atoms with Gasteiger partial charge in [-0.15, -0.1) is 0 Å². The van der Waals surface area contributed by atoms with Gasteiger partial charge >= 0.3 is 0 Å². The Morgan fingerprint density at radius 2 is 2.00 bits per heavy atom. The summed E-state index contributed by atoms with van der Waals surface area (Å²) in [6.07, 6.45) is 4.10. The van der Waals surface area contributed by atoms with E-state index in [0.29, 0.717) is 24.0 Å². The van der Waals surface area contributed by atoms with Crippen molar-refractivity contribution in [2.75, 3.05) is 17.1 Å². The first-order valence-electron chi connectivity index (χ1n) is 8.74. The van der Waals surface area contributed by atoms with Gasteiger partial charge in [-0.05, 0) is 56.4 Å². The Bertz CT molecular complexity index is 976. The predicted octanol–water partition coefficient (Wildman–Crippen LogP) is 2.91. The molecule has 6 nitrogen and oxygen atoms in total. The molecule has 0 aliphatic heterocycles. The van der Waals surface area contributed by atoms with Crippen LogP contribution < -0.4 is 15.0 Å². The van der Waals surface area contributed by atoms with Crippen molar-refractivity contribution in [3.8, 4) is 16.9 Å². The van der Waals surface area contributed by atoms with E-state index >= 15 is 0 Å². The fourth-order valence-corrected chi connectivity index (χ4v) is 3.32. The highest BCUT2D eigenvalue weighted by molar-refractivity contribution is 7.92. The summed E-state index contributed by atoms with van der Waals surface area (Å²) in [5, 5.41) is 0. The Morgan fingerprint density at radius 1 is 1.27 bits per heavy atom. The molecule has 1 aromatic heterocycles. The van der Waals surface area contributed by atoms with Crippen LogP contribution in [0.2, 0.25) is 0 Å². The molecule has 1 fully saturated rings. The number of hydrogen-bond acceptors (Lipinski definition) is 4. The van der Waals surface area contributed by atoms with Crippen molar-refractivity contribution in [2.45, 2.75) is 26.7 Å². The largest absolute Gasteiger partial charge is 0.493 e. The number of rotatable bonds is 7. The third kappa shape index (κ3) is 4.27. The molecule has 1 saturated carbocycles. The van der Waals surface area contributed by atoms with Crippen LogP contribution in [0.5, 0.6) is 5.75 Å². The van der Waals surface area contributed by atoms with Crippen molar-refractivity contribution in [3.63, 3.8) is 0 Å². The quantitative estimate of drug-likeness (QED) is 0.806. The lowest BCUT2D eigenvalue weighted by Gasteiger charge is -2.17. The molecule has 7 heteroatoms. The van der Waals surface area contributed by atoms with Crippen LogP contribution in [0.3, 0.4) is 0 Å². The summed E-state index contributed by atoms with van der Waals surface area (Å²) in [6, 6.07) is 6.87. The van der Waals surface area contributed by atoms with Crippen molar-refractivity contribution in [1.82, 2.24) is 4.57 Å². The molecule has 0 atom stereocenters. The Labute approximate surface area is 153 Å². The van der Waals surface area contributed by atoms with Crippen LogP contribution in [-0.4, -0.2) is 25.3 Å². The normalized spacial score (nSPS) is 14.3. The Morgan fingerprint density at radius 3 is 2.62 bits per heavy atom. The minimum Gasteiger partial charge on any atom is -0.493 e. The minimum atomic E-state index is -3.38. The van der Waals surface area contributed by atoms with E-state index in [1.807, 2.05) is 13.0 Å². The molecular formula is C19H24N2O4S. The van der Waals surface area contributed by atoms with Crippen LogP contribution >= 0.6 is 0 Å². The maximum absolute atomic E-state index is 12.0. The molecule has 0 spiro atoms. The maximum atomic E-state index is 12.0. The third-order valence-corrected chi connectivity index (χ3v) is 5.83. The Kier molecular flexibility index (Phi) is 5.09. The maximum Gasteiger partial charge on any atom is 0.250 e. The van der Waals surface area contributed by atoms with Gasteiger partial charge in [-0.25, -0.2) is 8.42 Å². The molecule has 0 unspecified atom stereocenters. The molecule has 1 aliphatic carbocycles. The van der Waals surface area contributed by atoms with Crippen LogP contribution in [0, 0.1) is 12.8 Å². The number of nitrogens with one attached hydrogen (secondary N) is 1. The van der Waals surface area contributed by atoms with Gasteiger partial charge < -0.3 is 9.30 Å². The number of anilines is 1. The standard InChI is InChI=1S/C19H24N2O4S/c1-4-26(23,24)20-17-10-16(15-7-8-19(22)21(3)11-15)18(9-13(17)2)25-12-14-5-6-14/h7-11,14,20H,4-6,12H2,1-3H3. The summed E-state index contributed by atoms with van der Waals surface area (Å²) >= 11 is 0. The first-order chi connectivity index (χ1) is 12.3. The zero-order valence-electron chi connectivity index (χ0n) is 15.3. The number of sulfonamides is 1. The molecule has 0 saturated heterocycles. The summed E-state index contributed by atoms with van der Waals surface area (Å²) < 4.78 is 34.1. The number of hydrogen-bond donors (Lipinski definition) is 1. The van der Waals surface area contributed by atoms with Gasteiger partial charge in [0.2, 0.25) is 15.6 Å². The Balaban J connectivity index is 2.06. The molecule has 26 heavy (non-hydrogen) atoms. The van der Waals surface area contributed by atoms with Crippen molar-refractivity contribution >= 4 is 15.7 Å². The predicted molar refractivity (Wildman–Crippen MR) is 103 cm³/mol. The average Bonchev–Trinajstić information content (AvgIpc) is 3.42. The number of aromatic nitrogens is 1. The minimum absolute atomic E-state index is 0.00153. The van der Waals surface area contributed by atoms with Gasteiger partial charge in [0, 0.05) is 30.4 Å². The van der Waals surface area contributed by atoms with Crippen molar-refractivity contribution in [3.05, 3.63) is 46.4 Å². The van der Waals surface area contributed by atoms with E-state index in [1.54, 1.807) is 32.3 Å². The third-order valence-electron chi connectivity index (χ3n) is 4.54. The number of benzene rings is 1. The van der Waals surface area contributed by atoms with Gasteiger partial charge in [-0.1, -0.05) is 0 Å². The topological polar surface area (TPSA) is 77.4 Å². The molecule has 1 aromatic carbocycles. The molecule has 3 rings (SSSR count). The zero-order valence-corrected chi connectivity index (χ0v) is 16.1. The van der Waals surface area contributed by atoms with Crippen LogP contribution in [0.1, 0.15) is 25.3 Å². The van der Waals surface area contributed by atoms with E-state index < -0.39 is 10.0 Å². The van der Waals surface area contributed by atoms with E-state index in [0.717, 1.165) is 16.7 Å². The molecule has 1 aliphatic rings. The first-order valence-corrected chi connectivity index (χ1v) is 10.4. The monoisotopic (exact) mass is 376 g/mol. The summed E-state index contributed by atoms with van der Waals surface area (Å²) in [5.74, 6) is 1.30. The van der Waals surface area contributed by atoms with Crippen LogP contribution in [0.25, 0.3) is 11.1 Å². The molecule has 1 heterocycles. The van der Waals surface area contributed by atoms with Crippen LogP contribution in [-0.2, 0) is 17.1 Å². The van der Waals surface area contributed by atoms with Gasteiger partial charge in [0.1, 0.15) is 5.75 Å². The Hall–Kier alpha value is -2.28. The molecular weight excluding hydrogens is 352 g/mol. The lowest BCUT2D eigenvalue weighted by atomic mass is 10.0. The molecule has 1 N–H and O–H groups in total. The van der Waals surface area contributed by atoms with Crippen LogP contribution in [0.15, 0.2) is 35.3 Å². The highest BCUT2D eigenvalue weighted by Crippen LogP contribution is 2.37. The molecule has 140 valence electrons. The second kappa shape index (κ2) is 7.15. The fourth-order valence-electron chi connectivity index (χ4n) is 2.62. The van der Waals surface area contributed by atoms with Gasteiger partial charge in [0.25, 0.3) is 0 Å². The lowest BCUT2D eigenvalue weighted by molar-refractivity contribution is 0.301. The van der Waals surface area contributed by atoms with Crippen LogP contribution in [0.4, 0.5) is 5.69 Å². The summed E-state index contributed by atoms with van der Waals surface area (Å²) in [5.41, 5.74) is 2.78. The van der Waals surface area contributed by atoms with E-state index in [4.69, 9.17) is 4.74 Å². The van der Waals surface area contributed by atoms with Gasteiger partial charge in [-0.3, -0.25) is 9.52 Å². The summed E-state index contributed by atoms with van der Waals surface area (Å²) in [6.45, 7) is 4.10. The number of aryl methyl sites for hydroxylation is 2. The van der Waals surface area contributed by atoms with Gasteiger partial charge in [0.05, 0.1) is 18.0 Å². The van der Waals surface area contributed by atoms with Gasteiger partial charge in [-0.2, -0.15) is 0 Å². The first kappa shape index (κ1) is 18.5. The van der Waals surface area contributed by atoms with E-state index in [2.05, 4.69) is 4.72 Å². The molecule has 0 bridgehead atoms. The second-order valence-corrected chi connectivity index (χ2v) is 8.80.